The first-order valence-corrected chi connectivity index (χ1v) is 6.58. The molecule has 1 N–H and O–H groups in total. The van der Waals surface area contributed by atoms with Crippen LogP contribution < -0.4 is 0 Å². The Morgan fingerprint density at radius 1 is 1.39 bits per heavy atom. The Labute approximate surface area is 115 Å². The van der Waals surface area contributed by atoms with Crippen LogP contribution in [0, 0.1) is 5.41 Å². The number of hydrogen-bond acceptors (Lipinski definition) is 1. The highest BCUT2D eigenvalue weighted by atomic mass is 79.9. The third-order valence-electron chi connectivity index (χ3n) is 3.31. The second-order valence-electron chi connectivity index (χ2n) is 5.26. The van der Waals surface area contributed by atoms with Gasteiger partial charge in [-0.3, -0.25) is 4.79 Å². The molecule has 2 rings (SSSR count). The maximum absolute atomic E-state index is 11.2. The standard InChI is InChI=1S/C14H16BrNO2/c1-14(2,13(17)18)8-11-7-9-6-10(15)4-5-12(9)16(11)3/h4-7H,8H2,1-3H3,(H,17,18). The minimum atomic E-state index is -0.770. The van der Waals surface area contributed by atoms with E-state index in [0.29, 0.717) is 6.42 Å². The molecule has 3 nitrogen and oxygen atoms in total. The molecule has 1 aromatic carbocycles. The maximum atomic E-state index is 11.2. The van der Waals surface area contributed by atoms with Crippen molar-refractivity contribution in [1.29, 1.82) is 0 Å². The smallest absolute Gasteiger partial charge is 0.309 e. The van der Waals surface area contributed by atoms with Gasteiger partial charge in [0.2, 0.25) is 0 Å². The van der Waals surface area contributed by atoms with E-state index in [-0.39, 0.29) is 0 Å². The van der Waals surface area contributed by atoms with E-state index in [4.69, 9.17) is 0 Å². The summed E-state index contributed by atoms with van der Waals surface area (Å²) in [7, 11) is 1.98. The van der Waals surface area contributed by atoms with Gasteiger partial charge in [0, 0.05) is 34.5 Å². The van der Waals surface area contributed by atoms with Gasteiger partial charge in [-0.25, -0.2) is 0 Å². The van der Waals surface area contributed by atoms with E-state index in [1.165, 1.54) is 0 Å². The van der Waals surface area contributed by atoms with E-state index in [9.17, 15) is 9.90 Å². The second kappa shape index (κ2) is 4.43. The summed E-state index contributed by atoms with van der Waals surface area (Å²) < 4.78 is 3.09. The molecule has 0 atom stereocenters. The van der Waals surface area contributed by atoms with Crippen LogP contribution in [0.4, 0.5) is 0 Å². The first-order valence-electron chi connectivity index (χ1n) is 5.78. The molecule has 1 aromatic heterocycles. The normalized spacial score (nSPS) is 12.0. The topological polar surface area (TPSA) is 42.2 Å². The van der Waals surface area contributed by atoms with Gasteiger partial charge in [-0.05, 0) is 38.1 Å². The van der Waals surface area contributed by atoms with Crippen LogP contribution in [0.1, 0.15) is 19.5 Å². The third-order valence-corrected chi connectivity index (χ3v) is 3.80. The summed E-state index contributed by atoms with van der Waals surface area (Å²) in [5, 5.41) is 10.3. The number of aryl methyl sites for hydroxylation is 1. The van der Waals surface area contributed by atoms with Gasteiger partial charge in [0.25, 0.3) is 0 Å². The van der Waals surface area contributed by atoms with Gasteiger partial charge in [0.15, 0.2) is 0 Å². The van der Waals surface area contributed by atoms with Gasteiger partial charge in [0.1, 0.15) is 0 Å². The average molecular weight is 310 g/mol. The molecule has 2 aromatic rings. The number of fused-ring (bicyclic) bond motifs is 1. The molecule has 0 aliphatic carbocycles. The van der Waals surface area contributed by atoms with E-state index in [2.05, 4.69) is 26.6 Å². The molecule has 0 amide bonds. The zero-order valence-electron chi connectivity index (χ0n) is 10.7. The van der Waals surface area contributed by atoms with Gasteiger partial charge in [-0.2, -0.15) is 0 Å². The number of halogens is 1. The number of aromatic nitrogens is 1. The maximum Gasteiger partial charge on any atom is 0.309 e. The molecule has 0 fully saturated rings. The fourth-order valence-electron chi connectivity index (χ4n) is 2.08. The van der Waals surface area contributed by atoms with Crippen molar-refractivity contribution in [1.82, 2.24) is 4.57 Å². The average Bonchev–Trinajstić information content (AvgIpc) is 2.54. The lowest BCUT2D eigenvalue weighted by Crippen LogP contribution is -2.27. The number of benzene rings is 1. The summed E-state index contributed by atoms with van der Waals surface area (Å²) in [6.07, 6.45) is 0.519. The number of carbonyl (C=O) groups is 1. The van der Waals surface area contributed by atoms with Crippen LogP contribution >= 0.6 is 15.9 Å². The Morgan fingerprint density at radius 3 is 2.67 bits per heavy atom. The van der Waals surface area contributed by atoms with Crippen LogP contribution in [0.3, 0.4) is 0 Å². The summed E-state index contributed by atoms with van der Waals surface area (Å²) in [5.41, 5.74) is 1.41. The summed E-state index contributed by atoms with van der Waals surface area (Å²) in [6.45, 7) is 3.51. The number of nitrogens with zero attached hydrogens (tertiary/aromatic N) is 1. The highest BCUT2D eigenvalue weighted by Crippen LogP contribution is 2.28. The van der Waals surface area contributed by atoms with Crippen LogP contribution in [-0.2, 0) is 18.3 Å². The van der Waals surface area contributed by atoms with Crippen molar-refractivity contribution in [3.05, 3.63) is 34.4 Å². The van der Waals surface area contributed by atoms with Crippen molar-refractivity contribution in [3.8, 4) is 0 Å². The van der Waals surface area contributed by atoms with Gasteiger partial charge in [-0.15, -0.1) is 0 Å². The molecule has 1 heterocycles. The van der Waals surface area contributed by atoms with Gasteiger partial charge in [-0.1, -0.05) is 15.9 Å². The largest absolute Gasteiger partial charge is 0.481 e. The summed E-state index contributed by atoms with van der Waals surface area (Å²) >= 11 is 3.45. The Kier molecular flexibility index (Phi) is 3.23. The number of aliphatic carboxylic acids is 1. The Balaban J connectivity index is 2.46. The lowest BCUT2D eigenvalue weighted by atomic mass is 9.88. The fourth-order valence-corrected chi connectivity index (χ4v) is 2.45. The molecular weight excluding hydrogens is 294 g/mol. The first-order chi connectivity index (χ1) is 8.31. The molecule has 0 saturated carbocycles. The minimum absolute atomic E-state index is 0.519. The second-order valence-corrected chi connectivity index (χ2v) is 6.18. The van der Waals surface area contributed by atoms with E-state index < -0.39 is 11.4 Å². The van der Waals surface area contributed by atoms with Crippen molar-refractivity contribution in [3.63, 3.8) is 0 Å². The Bertz CT molecular complexity index is 614. The molecule has 0 saturated heterocycles. The molecule has 0 unspecified atom stereocenters. The molecule has 96 valence electrons. The van der Waals surface area contributed by atoms with Gasteiger partial charge >= 0.3 is 5.97 Å². The van der Waals surface area contributed by atoms with Crippen molar-refractivity contribution in [2.45, 2.75) is 20.3 Å². The number of carboxylic acid groups (broad SMARTS) is 1. The number of hydrogen-bond donors (Lipinski definition) is 1. The lowest BCUT2D eigenvalue weighted by Gasteiger charge is -2.19. The van der Waals surface area contributed by atoms with E-state index in [1.807, 2.05) is 25.2 Å². The minimum Gasteiger partial charge on any atom is -0.481 e. The molecule has 4 heteroatoms. The van der Waals surface area contributed by atoms with Crippen molar-refractivity contribution in [2.75, 3.05) is 0 Å². The molecule has 0 aliphatic heterocycles. The highest BCUT2D eigenvalue weighted by Gasteiger charge is 2.28. The van der Waals surface area contributed by atoms with Crippen LogP contribution in [0.2, 0.25) is 0 Å². The van der Waals surface area contributed by atoms with Crippen LogP contribution in [0.25, 0.3) is 10.9 Å². The number of carboxylic acids is 1. The molecule has 0 radical (unpaired) electrons. The van der Waals surface area contributed by atoms with E-state index in [0.717, 1.165) is 21.1 Å². The fraction of sp³-hybridized carbons (Fsp3) is 0.357. The van der Waals surface area contributed by atoms with Gasteiger partial charge in [0.05, 0.1) is 5.41 Å². The van der Waals surface area contributed by atoms with Gasteiger partial charge < -0.3 is 9.67 Å². The third kappa shape index (κ3) is 2.29. The molecule has 0 aliphatic rings. The quantitative estimate of drug-likeness (QED) is 0.941. The Morgan fingerprint density at radius 2 is 2.06 bits per heavy atom. The van der Waals surface area contributed by atoms with Crippen LogP contribution in [0.5, 0.6) is 0 Å². The summed E-state index contributed by atoms with van der Waals surface area (Å²) in [4.78, 5) is 11.2. The SMILES string of the molecule is Cn1c(CC(C)(C)C(=O)O)cc2cc(Br)ccc21. The van der Waals surface area contributed by atoms with E-state index >= 15 is 0 Å². The van der Waals surface area contributed by atoms with Crippen LogP contribution in [-0.4, -0.2) is 15.6 Å². The lowest BCUT2D eigenvalue weighted by molar-refractivity contribution is -0.146. The predicted molar refractivity (Wildman–Crippen MR) is 75.7 cm³/mol. The molecular formula is C14H16BrNO2. The molecule has 0 bridgehead atoms. The zero-order valence-corrected chi connectivity index (χ0v) is 12.3. The molecule has 18 heavy (non-hydrogen) atoms. The first kappa shape index (κ1) is 13.1. The highest BCUT2D eigenvalue weighted by molar-refractivity contribution is 9.10. The summed E-state index contributed by atoms with van der Waals surface area (Å²) in [6, 6.07) is 8.14. The predicted octanol–water partition coefficient (Wildman–Crippen LogP) is 3.59. The Hall–Kier alpha value is -1.29. The van der Waals surface area contributed by atoms with Crippen molar-refractivity contribution >= 4 is 32.8 Å². The number of rotatable bonds is 3. The summed E-state index contributed by atoms with van der Waals surface area (Å²) in [5.74, 6) is -0.770. The van der Waals surface area contributed by atoms with Crippen molar-refractivity contribution in [2.24, 2.45) is 12.5 Å². The zero-order chi connectivity index (χ0) is 13.5. The van der Waals surface area contributed by atoms with Crippen molar-refractivity contribution < 1.29 is 9.90 Å². The monoisotopic (exact) mass is 309 g/mol. The van der Waals surface area contributed by atoms with Crippen LogP contribution in [0.15, 0.2) is 28.7 Å². The molecule has 0 spiro atoms. The van der Waals surface area contributed by atoms with E-state index in [1.54, 1.807) is 13.8 Å².